The average molecular weight is 512 g/mol. The maximum Gasteiger partial charge on any atom is 0.220 e. The Morgan fingerprint density at radius 2 is 2.03 bits per heavy atom. The number of piperidine rings is 1. The Kier molecular flexibility index (Phi) is 9.69. The first-order valence-electron chi connectivity index (χ1n) is 10.3. The molecule has 0 saturated carbocycles. The number of aromatic nitrogens is 2. The molecule has 8 heteroatoms. The Hall–Kier alpha value is -1.84. The number of benzene rings is 1. The quantitative estimate of drug-likeness (QED) is 0.259. The van der Waals surface area contributed by atoms with Crippen LogP contribution in [-0.4, -0.2) is 59.5 Å². The average Bonchev–Trinajstić information content (AvgIpc) is 3.14. The number of carbonyl (C=O) groups excluding carboxylic acids is 1. The lowest BCUT2D eigenvalue weighted by atomic mass is 9.93. The first kappa shape index (κ1) is 23.4. The van der Waals surface area contributed by atoms with Crippen molar-refractivity contribution in [2.75, 3.05) is 33.2 Å². The van der Waals surface area contributed by atoms with Gasteiger partial charge in [-0.15, -0.1) is 24.0 Å². The van der Waals surface area contributed by atoms with Gasteiger partial charge in [0.25, 0.3) is 0 Å². The number of amides is 1. The van der Waals surface area contributed by atoms with Crippen LogP contribution < -0.4 is 10.6 Å². The summed E-state index contributed by atoms with van der Waals surface area (Å²) in [6.45, 7) is 6.58. The zero-order valence-corrected chi connectivity index (χ0v) is 19.8. The van der Waals surface area contributed by atoms with Crippen LogP contribution >= 0.6 is 24.0 Å². The number of nitrogens with one attached hydrogen (secondary N) is 2. The number of rotatable bonds is 7. The van der Waals surface area contributed by atoms with Gasteiger partial charge in [0.15, 0.2) is 5.96 Å². The molecule has 1 fully saturated rings. The molecule has 1 aliphatic rings. The number of nitrogens with zero attached hydrogens (tertiary/aromatic N) is 4. The fourth-order valence-electron chi connectivity index (χ4n) is 3.75. The zero-order chi connectivity index (χ0) is 19.8. The van der Waals surface area contributed by atoms with E-state index in [4.69, 9.17) is 4.99 Å². The van der Waals surface area contributed by atoms with Crippen molar-refractivity contribution < 1.29 is 4.79 Å². The minimum absolute atomic E-state index is 0. The maximum absolute atomic E-state index is 11.6. The molecule has 3 rings (SSSR count). The van der Waals surface area contributed by atoms with Gasteiger partial charge < -0.3 is 20.1 Å². The lowest BCUT2D eigenvalue weighted by molar-refractivity contribution is -0.121. The van der Waals surface area contributed by atoms with E-state index < -0.39 is 0 Å². The maximum atomic E-state index is 11.6. The Bertz CT molecular complexity index is 797. The second-order valence-corrected chi connectivity index (χ2v) is 7.32. The van der Waals surface area contributed by atoms with Crippen molar-refractivity contribution in [2.45, 2.75) is 39.2 Å². The SMILES string of the molecule is CCNC(=NCCCn1cnc2ccccc21)N1CCC(CC(=O)NC)CC1.I. The summed E-state index contributed by atoms with van der Waals surface area (Å²) in [4.78, 5) is 23.2. The van der Waals surface area contributed by atoms with E-state index in [0.29, 0.717) is 12.3 Å². The van der Waals surface area contributed by atoms with E-state index in [2.05, 4.69) is 44.1 Å². The van der Waals surface area contributed by atoms with Crippen LogP contribution in [0.15, 0.2) is 35.6 Å². The van der Waals surface area contributed by atoms with Crippen LogP contribution in [-0.2, 0) is 11.3 Å². The summed E-state index contributed by atoms with van der Waals surface area (Å²) in [5, 5.41) is 6.15. The van der Waals surface area contributed by atoms with Crippen LogP contribution in [0.4, 0.5) is 0 Å². The molecular weight excluding hydrogens is 479 g/mol. The van der Waals surface area contributed by atoms with Crippen LogP contribution in [0.5, 0.6) is 0 Å². The van der Waals surface area contributed by atoms with Crippen molar-refractivity contribution >= 4 is 46.9 Å². The van der Waals surface area contributed by atoms with E-state index in [9.17, 15) is 4.79 Å². The van der Waals surface area contributed by atoms with Gasteiger partial charge in [-0.25, -0.2) is 4.98 Å². The molecule has 0 aliphatic carbocycles. The van der Waals surface area contributed by atoms with Gasteiger partial charge in [0.1, 0.15) is 0 Å². The molecule has 1 aromatic heterocycles. The number of aliphatic imine (C=N–C) groups is 1. The highest BCUT2D eigenvalue weighted by Crippen LogP contribution is 2.20. The number of halogens is 1. The summed E-state index contributed by atoms with van der Waals surface area (Å²) in [5.74, 6) is 1.62. The number of likely N-dealkylation sites (tertiary alicyclic amines) is 1. The smallest absolute Gasteiger partial charge is 0.220 e. The molecule has 2 aromatic rings. The van der Waals surface area contributed by atoms with E-state index in [-0.39, 0.29) is 29.9 Å². The Balaban J connectivity index is 0.00000300. The molecule has 1 aliphatic heterocycles. The van der Waals surface area contributed by atoms with Crippen molar-refractivity contribution in [3.05, 3.63) is 30.6 Å². The predicted molar refractivity (Wildman–Crippen MR) is 129 cm³/mol. The Labute approximate surface area is 190 Å². The third-order valence-corrected chi connectivity index (χ3v) is 5.35. The fraction of sp³-hybridized carbons (Fsp3) is 0.571. The van der Waals surface area contributed by atoms with Crippen molar-refractivity contribution in [2.24, 2.45) is 10.9 Å². The van der Waals surface area contributed by atoms with E-state index >= 15 is 0 Å². The summed E-state index contributed by atoms with van der Waals surface area (Å²) in [7, 11) is 1.71. The molecule has 1 saturated heterocycles. The van der Waals surface area contributed by atoms with Gasteiger partial charge in [0, 0.05) is 46.2 Å². The molecule has 0 unspecified atom stereocenters. The van der Waals surface area contributed by atoms with Gasteiger partial charge in [-0.3, -0.25) is 9.79 Å². The minimum atomic E-state index is 0. The van der Waals surface area contributed by atoms with Gasteiger partial charge in [0.2, 0.25) is 5.91 Å². The molecule has 0 atom stereocenters. The standard InChI is InChI=1S/C21H32N6O.HI/c1-3-23-21(26-13-9-17(10-14-26)15-20(28)22-2)24-11-6-12-27-16-25-18-7-4-5-8-19(18)27;/h4-5,7-8,16-17H,3,6,9-15H2,1-2H3,(H,22,28)(H,23,24);1H. The Morgan fingerprint density at radius 3 is 2.76 bits per heavy atom. The molecular formula is C21H33IN6O. The summed E-state index contributed by atoms with van der Waals surface area (Å²) >= 11 is 0. The van der Waals surface area contributed by atoms with Gasteiger partial charge in [0.05, 0.1) is 17.4 Å². The number of hydrogen-bond donors (Lipinski definition) is 2. The van der Waals surface area contributed by atoms with Crippen LogP contribution in [0.2, 0.25) is 0 Å². The van der Waals surface area contributed by atoms with Crippen LogP contribution in [0.1, 0.15) is 32.6 Å². The summed E-state index contributed by atoms with van der Waals surface area (Å²) in [6.07, 6.45) is 5.60. The lowest BCUT2D eigenvalue weighted by Crippen LogP contribution is -2.46. The van der Waals surface area contributed by atoms with Crippen molar-refractivity contribution in [3.8, 4) is 0 Å². The monoisotopic (exact) mass is 512 g/mol. The van der Waals surface area contributed by atoms with Gasteiger partial charge in [-0.1, -0.05) is 12.1 Å². The van der Waals surface area contributed by atoms with Gasteiger partial charge in [-0.05, 0) is 44.2 Å². The number of aryl methyl sites for hydroxylation is 1. The lowest BCUT2D eigenvalue weighted by Gasteiger charge is -2.34. The van der Waals surface area contributed by atoms with E-state index in [1.165, 1.54) is 5.52 Å². The molecule has 0 bridgehead atoms. The van der Waals surface area contributed by atoms with Crippen LogP contribution in [0.3, 0.4) is 0 Å². The fourth-order valence-corrected chi connectivity index (χ4v) is 3.75. The molecule has 7 nitrogen and oxygen atoms in total. The topological polar surface area (TPSA) is 74.5 Å². The van der Waals surface area contributed by atoms with Crippen molar-refractivity contribution in [1.29, 1.82) is 0 Å². The number of hydrogen-bond acceptors (Lipinski definition) is 3. The predicted octanol–water partition coefficient (Wildman–Crippen LogP) is 2.86. The van der Waals surface area contributed by atoms with Crippen molar-refractivity contribution in [1.82, 2.24) is 25.1 Å². The first-order chi connectivity index (χ1) is 13.7. The molecule has 0 spiro atoms. The number of guanidine groups is 1. The summed E-state index contributed by atoms with van der Waals surface area (Å²) < 4.78 is 2.20. The molecule has 2 N–H and O–H groups in total. The van der Waals surface area contributed by atoms with E-state index in [1.54, 1.807) is 7.05 Å². The second kappa shape index (κ2) is 12.0. The molecule has 2 heterocycles. The molecule has 1 amide bonds. The normalized spacial score (nSPS) is 15.2. The second-order valence-electron chi connectivity index (χ2n) is 7.32. The largest absolute Gasteiger partial charge is 0.359 e. The highest BCUT2D eigenvalue weighted by Gasteiger charge is 2.22. The minimum Gasteiger partial charge on any atom is -0.359 e. The van der Waals surface area contributed by atoms with Crippen LogP contribution in [0, 0.1) is 5.92 Å². The Morgan fingerprint density at radius 1 is 1.28 bits per heavy atom. The van der Waals surface area contributed by atoms with Crippen molar-refractivity contribution in [3.63, 3.8) is 0 Å². The highest BCUT2D eigenvalue weighted by atomic mass is 127. The van der Waals surface area contributed by atoms with Gasteiger partial charge >= 0.3 is 0 Å². The number of para-hydroxylation sites is 2. The highest BCUT2D eigenvalue weighted by molar-refractivity contribution is 14.0. The third kappa shape index (κ3) is 6.58. The first-order valence-corrected chi connectivity index (χ1v) is 10.3. The number of imidazole rings is 1. The summed E-state index contributed by atoms with van der Waals surface area (Å²) in [6, 6.07) is 8.22. The third-order valence-electron chi connectivity index (χ3n) is 5.35. The zero-order valence-electron chi connectivity index (χ0n) is 17.4. The van der Waals surface area contributed by atoms with Crippen LogP contribution in [0.25, 0.3) is 11.0 Å². The summed E-state index contributed by atoms with van der Waals surface area (Å²) in [5.41, 5.74) is 2.22. The number of carbonyl (C=O) groups is 1. The molecule has 160 valence electrons. The molecule has 1 aromatic carbocycles. The van der Waals surface area contributed by atoms with E-state index in [1.807, 2.05) is 18.5 Å². The van der Waals surface area contributed by atoms with E-state index in [0.717, 1.165) is 63.5 Å². The number of fused-ring (bicyclic) bond motifs is 1. The molecule has 29 heavy (non-hydrogen) atoms. The molecule has 0 radical (unpaired) electrons. The van der Waals surface area contributed by atoms with Gasteiger partial charge in [-0.2, -0.15) is 0 Å².